The number of aromatic amines is 1. The number of benzene rings is 4. The van der Waals surface area contributed by atoms with Crippen LogP contribution in [-0.2, 0) is 0 Å². The number of nitrogens with zero attached hydrogens (tertiary/aromatic N) is 1. The van der Waals surface area contributed by atoms with Crippen molar-refractivity contribution in [3.63, 3.8) is 0 Å². The maximum absolute atomic E-state index is 12.6. The number of carbonyl (C=O) groups excluding carboxylic acids is 1. The zero-order valence-electron chi connectivity index (χ0n) is 16.9. The molecule has 1 amide bonds. The van der Waals surface area contributed by atoms with Gasteiger partial charge in [-0.2, -0.15) is 0 Å². The van der Waals surface area contributed by atoms with E-state index in [0.29, 0.717) is 22.0 Å². The lowest BCUT2D eigenvalue weighted by Gasteiger charge is -2.08. The first-order valence-electron chi connectivity index (χ1n) is 10.0. The van der Waals surface area contributed by atoms with E-state index >= 15 is 0 Å². The summed E-state index contributed by atoms with van der Waals surface area (Å²) in [6.45, 7) is 0. The molecule has 0 atom stereocenters. The van der Waals surface area contributed by atoms with E-state index in [1.807, 2.05) is 84.9 Å². The van der Waals surface area contributed by atoms with Crippen LogP contribution in [0.25, 0.3) is 22.4 Å². The second-order valence-electron chi connectivity index (χ2n) is 7.22. The van der Waals surface area contributed by atoms with Gasteiger partial charge in [0.05, 0.1) is 11.0 Å². The summed E-state index contributed by atoms with van der Waals surface area (Å²) in [5.41, 5.74) is 3.84. The van der Waals surface area contributed by atoms with Gasteiger partial charge in [-0.1, -0.05) is 41.9 Å². The van der Waals surface area contributed by atoms with E-state index in [0.717, 1.165) is 28.2 Å². The van der Waals surface area contributed by atoms with Crippen LogP contribution in [0.1, 0.15) is 10.4 Å². The first kappa shape index (κ1) is 19.8. The predicted octanol–water partition coefficient (Wildman–Crippen LogP) is 6.93. The average molecular weight is 440 g/mol. The van der Waals surface area contributed by atoms with E-state index in [4.69, 9.17) is 16.3 Å². The third-order valence-corrected chi connectivity index (χ3v) is 5.19. The lowest BCUT2D eigenvalue weighted by atomic mass is 10.1. The number of halogens is 1. The molecule has 4 aromatic carbocycles. The Labute approximate surface area is 189 Å². The molecule has 32 heavy (non-hydrogen) atoms. The zero-order chi connectivity index (χ0) is 21.9. The monoisotopic (exact) mass is 439 g/mol. The highest BCUT2D eigenvalue weighted by Gasteiger charge is 2.09. The number of carbonyl (C=O) groups is 1. The van der Waals surface area contributed by atoms with E-state index < -0.39 is 0 Å². The molecule has 0 bridgehead atoms. The van der Waals surface area contributed by atoms with Gasteiger partial charge in [0.15, 0.2) is 0 Å². The molecule has 0 saturated carbocycles. The highest BCUT2D eigenvalue weighted by Crippen LogP contribution is 2.25. The number of para-hydroxylation sites is 1. The van der Waals surface area contributed by atoms with Crippen LogP contribution >= 0.6 is 11.6 Å². The summed E-state index contributed by atoms with van der Waals surface area (Å²) in [6.07, 6.45) is 0. The summed E-state index contributed by atoms with van der Waals surface area (Å²) in [7, 11) is 0. The quantitative estimate of drug-likeness (QED) is 0.312. The molecule has 156 valence electrons. The number of ether oxygens (including phenoxy) is 1. The van der Waals surface area contributed by atoms with Crippen LogP contribution in [0.5, 0.6) is 11.5 Å². The van der Waals surface area contributed by atoms with E-state index in [9.17, 15) is 4.79 Å². The smallest absolute Gasteiger partial charge is 0.255 e. The van der Waals surface area contributed by atoms with Gasteiger partial charge in [-0.25, -0.2) is 4.98 Å². The fourth-order valence-electron chi connectivity index (χ4n) is 3.33. The van der Waals surface area contributed by atoms with Crippen molar-refractivity contribution in [3.8, 4) is 22.9 Å². The van der Waals surface area contributed by atoms with Crippen molar-refractivity contribution in [2.75, 3.05) is 5.32 Å². The van der Waals surface area contributed by atoms with Gasteiger partial charge < -0.3 is 15.0 Å². The second-order valence-corrected chi connectivity index (χ2v) is 7.65. The average Bonchev–Trinajstić information content (AvgIpc) is 3.24. The second kappa shape index (κ2) is 8.57. The molecule has 5 nitrogen and oxygen atoms in total. The van der Waals surface area contributed by atoms with Gasteiger partial charge in [0.2, 0.25) is 0 Å². The maximum atomic E-state index is 12.6. The molecule has 1 heterocycles. The van der Waals surface area contributed by atoms with E-state index in [1.165, 1.54) is 0 Å². The van der Waals surface area contributed by atoms with Crippen LogP contribution in [0.4, 0.5) is 5.69 Å². The van der Waals surface area contributed by atoms with Crippen LogP contribution in [-0.4, -0.2) is 15.9 Å². The molecule has 2 N–H and O–H groups in total. The SMILES string of the molecule is O=C(Nc1ccc(Oc2ccccc2)cc1)c1ccc(-c2nc3ccc(Cl)cc3[nH]2)cc1. The largest absolute Gasteiger partial charge is 0.457 e. The number of hydrogen-bond donors (Lipinski definition) is 2. The number of H-pyrrole nitrogens is 1. The van der Waals surface area contributed by atoms with Crippen molar-refractivity contribution >= 4 is 34.2 Å². The number of aromatic nitrogens is 2. The Kier molecular flexibility index (Phi) is 5.32. The van der Waals surface area contributed by atoms with Gasteiger partial charge in [0.1, 0.15) is 17.3 Å². The molecule has 5 aromatic rings. The molecule has 5 rings (SSSR count). The van der Waals surface area contributed by atoms with Crippen LogP contribution in [0, 0.1) is 0 Å². The van der Waals surface area contributed by atoms with Gasteiger partial charge >= 0.3 is 0 Å². The molecule has 0 saturated heterocycles. The molecule has 0 fully saturated rings. The minimum atomic E-state index is -0.190. The summed E-state index contributed by atoms with van der Waals surface area (Å²) in [6, 6.07) is 29.6. The fourth-order valence-corrected chi connectivity index (χ4v) is 3.50. The summed E-state index contributed by atoms with van der Waals surface area (Å²) in [4.78, 5) is 20.5. The molecule has 0 aliphatic carbocycles. The summed E-state index contributed by atoms with van der Waals surface area (Å²) in [5.74, 6) is 2.00. The van der Waals surface area contributed by atoms with E-state index in [2.05, 4.69) is 15.3 Å². The molecule has 1 aromatic heterocycles. The zero-order valence-corrected chi connectivity index (χ0v) is 17.6. The lowest BCUT2D eigenvalue weighted by Crippen LogP contribution is -2.11. The molecule has 0 radical (unpaired) electrons. The number of fused-ring (bicyclic) bond motifs is 1. The van der Waals surface area contributed by atoms with Crippen molar-refractivity contribution in [1.29, 1.82) is 0 Å². The van der Waals surface area contributed by atoms with Crippen LogP contribution in [0.2, 0.25) is 5.02 Å². The Morgan fingerprint density at radius 2 is 1.56 bits per heavy atom. The number of amides is 1. The number of rotatable bonds is 5. The molecule has 0 unspecified atom stereocenters. The Morgan fingerprint density at radius 1 is 0.844 bits per heavy atom. The van der Waals surface area contributed by atoms with Gasteiger partial charge in [0.25, 0.3) is 5.91 Å². The number of nitrogens with one attached hydrogen (secondary N) is 2. The maximum Gasteiger partial charge on any atom is 0.255 e. The van der Waals surface area contributed by atoms with Crippen molar-refractivity contribution < 1.29 is 9.53 Å². The van der Waals surface area contributed by atoms with Gasteiger partial charge in [-0.15, -0.1) is 0 Å². The van der Waals surface area contributed by atoms with Gasteiger partial charge in [-0.3, -0.25) is 4.79 Å². The summed E-state index contributed by atoms with van der Waals surface area (Å²) in [5, 5.41) is 3.56. The van der Waals surface area contributed by atoms with Crippen molar-refractivity contribution in [3.05, 3.63) is 108 Å². The number of imidazole rings is 1. The third-order valence-electron chi connectivity index (χ3n) is 4.96. The Balaban J connectivity index is 1.26. The van der Waals surface area contributed by atoms with Gasteiger partial charge in [0, 0.05) is 21.8 Å². The number of anilines is 1. The van der Waals surface area contributed by atoms with Crippen LogP contribution < -0.4 is 10.1 Å². The van der Waals surface area contributed by atoms with Crippen LogP contribution in [0.15, 0.2) is 97.1 Å². The minimum absolute atomic E-state index is 0.190. The lowest BCUT2D eigenvalue weighted by molar-refractivity contribution is 0.102. The minimum Gasteiger partial charge on any atom is -0.457 e. The van der Waals surface area contributed by atoms with E-state index in [-0.39, 0.29) is 5.91 Å². The van der Waals surface area contributed by atoms with E-state index in [1.54, 1.807) is 12.1 Å². The first-order chi connectivity index (χ1) is 15.6. The summed E-state index contributed by atoms with van der Waals surface area (Å²) < 4.78 is 5.78. The number of hydrogen-bond acceptors (Lipinski definition) is 3. The summed E-state index contributed by atoms with van der Waals surface area (Å²) >= 11 is 6.04. The Hall–Kier alpha value is -4.09. The van der Waals surface area contributed by atoms with Crippen molar-refractivity contribution in [2.45, 2.75) is 0 Å². The molecule has 6 heteroatoms. The molecular weight excluding hydrogens is 422 g/mol. The van der Waals surface area contributed by atoms with Gasteiger partial charge in [-0.05, 0) is 66.7 Å². The first-order valence-corrected chi connectivity index (χ1v) is 10.4. The fraction of sp³-hybridized carbons (Fsp3) is 0. The Bertz CT molecular complexity index is 1380. The molecule has 0 spiro atoms. The Morgan fingerprint density at radius 3 is 2.31 bits per heavy atom. The van der Waals surface area contributed by atoms with Crippen molar-refractivity contribution in [1.82, 2.24) is 9.97 Å². The highest BCUT2D eigenvalue weighted by molar-refractivity contribution is 6.31. The predicted molar refractivity (Wildman–Crippen MR) is 127 cm³/mol. The molecular formula is C26H18ClN3O2. The normalized spacial score (nSPS) is 10.8. The highest BCUT2D eigenvalue weighted by atomic mass is 35.5. The third kappa shape index (κ3) is 4.33. The standard InChI is InChI=1S/C26H18ClN3O2/c27-19-10-15-23-24(16-19)30-25(29-23)17-6-8-18(9-7-17)26(31)28-20-11-13-22(14-12-20)32-21-4-2-1-3-5-21/h1-16H,(H,28,31)(H,29,30). The van der Waals surface area contributed by atoms with Crippen molar-refractivity contribution in [2.24, 2.45) is 0 Å². The van der Waals surface area contributed by atoms with Crippen LogP contribution in [0.3, 0.4) is 0 Å². The molecule has 0 aliphatic heterocycles. The molecule has 0 aliphatic rings. The topological polar surface area (TPSA) is 67.0 Å².